The van der Waals surface area contributed by atoms with Crippen molar-refractivity contribution in [3.63, 3.8) is 0 Å². The fraction of sp³-hybridized carbons (Fsp3) is 0.933. The van der Waals surface area contributed by atoms with Crippen LogP contribution in [0, 0.1) is 5.41 Å². The molecule has 2 fully saturated rings. The number of rotatable bonds is 5. The van der Waals surface area contributed by atoms with Gasteiger partial charge < -0.3 is 5.11 Å². The van der Waals surface area contributed by atoms with E-state index in [0.29, 0.717) is 6.04 Å². The van der Waals surface area contributed by atoms with Crippen molar-refractivity contribution in [2.75, 3.05) is 32.7 Å². The summed E-state index contributed by atoms with van der Waals surface area (Å²) in [7, 11) is 0. The standard InChI is InChI=1S/C15H28N6O/c1-15(2,3)13(22)10-19-6-8-20(9-7-19)11-14-16-17-18-21(14)12-4-5-12/h12-13,22H,4-11H2,1-3H3. The minimum absolute atomic E-state index is 0.0521. The van der Waals surface area contributed by atoms with E-state index in [1.54, 1.807) is 0 Å². The number of hydrogen-bond donors (Lipinski definition) is 1. The lowest BCUT2D eigenvalue weighted by Crippen LogP contribution is -2.50. The molecule has 3 rings (SSSR count). The monoisotopic (exact) mass is 308 g/mol. The molecule has 0 bridgehead atoms. The highest BCUT2D eigenvalue weighted by Crippen LogP contribution is 2.34. The van der Waals surface area contributed by atoms with Crippen LogP contribution in [0.3, 0.4) is 0 Å². The predicted octanol–water partition coefficient (Wildman–Crippen LogP) is 0.533. The molecular weight excluding hydrogens is 280 g/mol. The van der Waals surface area contributed by atoms with Gasteiger partial charge in [0.1, 0.15) is 0 Å². The normalized spacial score (nSPS) is 22.9. The lowest BCUT2D eigenvalue weighted by Gasteiger charge is -2.37. The summed E-state index contributed by atoms with van der Waals surface area (Å²) in [6.45, 7) is 11.9. The molecule has 0 amide bonds. The molecule has 1 saturated heterocycles. The summed E-state index contributed by atoms with van der Waals surface area (Å²) in [6.07, 6.45) is 2.13. The van der Waals surface area contributed by atoms with Crippen molar-refractivity contribution in [3.8, 4) is 0 Å². The number of aliphatic hydroxyl groups excluding tert-OH is 1. The lowest BCUT2D eigenvalue weighted by atomic mass is 9.89. The summed E-state index contributed by atoms with van der Waals surface area (Å²) in [6, 6.07) is 0.535. The van der Waals surface area contributed by atoms with Crippen LogP contribution in [0.2, 0.25) is 0 Å². The molecule has 0 spiro atoms. The van der Waals surface area contributed by atoms with Gasteiger partial charge in [-0.25, -0.2) is 4.68 Å². The van der Waals surface area contributed by atoms with Crippen LogP contribution in [0.1, 0.15) is 45.5 Å². The first-order chi connectivity index (χ1) is 10.4. The van der Waals surface area contributed by atoms with E-state index in [4.69, 9.17) is 0 Å². The molecule has 1 unspecified atom stereocenters. The molecule has 0 aromatic carbocycles. The molecule has 1 aromatic rings. The lowest BCUT2D eigenvalue weighted by molar-refractivity contribution is 0.0121. The minimum Gasteiger partial charge on any atom is -0.391 e. The second-order valence-corrected chi connectivity index (χ2v) is 7.73. The number of tetrazole rings is 1. The van der Waals surface area contributed by atoms with Gasteiger partial charge in [0.15, 0.2) is 5.82 Å². The fourth-order valence-electron chi connectivity index (χ4n) is 2.77. The average molecular weight is 308 g/mol. The van der Waals surface area contributed by atoms with Gasteiger partial charge in [-0.05, 0) is 28.7 Å². The van der Waals surface area contributed by atoms with Gasteiger partial charge in [-0.15, -0.1) is 5.10 Å². The van der Waals surface area contributed by atoms with Crippen LogP contribution in [0.5, 0.6) is 0 Å². The average Bonchev–Trinajstić information content (AvgIpc) is 3.20. The van der Waals surface area contributed by atoms with Crippen LogP contribution in [-0.4, -0.2) is 73.9 Å². The molecule has 1 N–H and O–H groups in total. The molecule has 1 aromatic heterocycles. The Balaban J connectivity index is 1.46. The van der Waals surface area contributed by atoms with Crippen LogP contribution in [0.4, 0.5) is 0 Å². The second kappa shape index (κ2) is 6.22. The highest BCUT2D eigenvalue weighted by molar-refractivity contribution is 4.91. The van der Waals surface area contributed by atoms with E-state index in [0.717, 1.165) is 45.1 Å². The van der Waals surface area contributed by atoms with Gasteiger partial charge in [-0.1, -0.05) is 20.8 Å². The van der Waals surface area contributed by atoms with Crippen molar-refractivity contribution in [2.45, 2.75) is 52.3 Å². The Bertz CT molecular complexity index is 484. The molecule has 124 valence electrons. The van der Waals surface area contributed by atoms with Crippen molar-refractivity contribution < 1.29 is 5.11 Å². The summed E-state index contributed by atoms with van der Waals surface area (Å²) < 4.78 is 2.00. The number of nitrogens with zero attached hydrogens (tertiary/aromatic N) is 6. The number of hydrogen-bond acceptors (Lipinski definition) is 6. The van der Waals surface area contributed by atoms with Crippen molar-refractivity contribution in [1.29, 1.82) is 0 Å². The second-order valence-electron chi connectivity index (χ2n) is 7.73. The Labute approximate surface area is 132 Å². The number of aliphatic hydroxyl groups is 1. The maximum absolute atomic E-state index is 10.2. The Morgan fingerprint density at radius 1 is 1.14 bits per heavy atom. The third-order valence-electron chi connectivity index (χ3n) is 4.71. The molecule has 7 heteroatoms. The van der Waals surface area contributed by atoms with Crippen LogP contribution in [0.15, 0.2) is 0 Å². The van der Waals surface area contributed by atoms with Crippen molar-refractivity contribution in [2.24, 2.45) is 5.41 Å². The molecule has 7 nitrogen and oxygen atoms in total. The maximum Gasteiger partial charge on any atom is 0.165 e. The SMILES string of the molecule is CC(C)(C)C(O)CN1CCN(Cc2nnnn2C2CC2)CC1. The van der Waals surface area contributed by atoms with Crippen LogP contribution < -0.4 is 0 Å². The summed E-state index contributed by atoms with van der Waals surface area (Å²) in [5.74, 6) is 0.991. The zero-order chi connectivity index (χ0) is 15.7. The van der Waals surface area contributed by atoms with Crippen LogP contribution >= 0.6 is 0 Å². The van der Waals surface area contributed by atoms with Gasteiger partial charge in [0.05, 0.1) is 18.7 Å². The highest BCUT2D eigenvalue weighted by Gasteiger charge is 2.30. The Kier molecular flexibility index (Phi) is 4.47. The quantitative estimate of drug-likeness (QED) is 0.856. The molecule has 2 heterocycles. The molecule has 0 radical (unpaired) electrons. The Hall–Kier alpha value is -1.05. The van der Waals surface area contributed by atoms with Gasteiger partial charge in [-0.3, -0.25) is 9.80 Å². The van der Waals surface area contributed by atoms with Crippen LogP contribution in [-0.2, 0) is 6.54 Å². The van der Waals surface area contributed by atoms with Crippen LogP contribution in [0.25, 0.3) is 0 Å². The maximum atomic E-state index is 10.2. The number of aromatic nitrogens is 4. The topological polar surface area (TPSA) is 70.3 Å². The Morgan fingerprint density at radius 2 is 1.77 bits per heavy atom. The third kappa shape index (κ3) is 3.83. The smallest absolute Gasteiger partial charge is 0.165 e. The zero-order valence-electron chi connectivity index (χ0n) is 13.9. The van der Waals surface area contributed by atoms with Gasteiger partial charge in [-0.2, -0.15) is 0 Å². The highest BCUT2D eigenvalue weighted by atomic mass is 16.3. The van der Waals surface area contributed by atoms with E-state index in [2.05, 4.69) is 46.1 Å². The summed E-state index contributed by atoms with van der Waals surface area (Å²) in [5, 5.41) is 22.3. The third-order valence-corrected chi connectivity index (χ3v) is 4.71. The predicted molar refractivity (Wildman–Crippen MR) is 83.3 cm³/mol. The summed E-state index contributed by atoms with van der Waals surface area (Å²) in [5.41, 5.74) is -0.0521. The van der Waals surface area contributed by atoms with E-state index >= 15 is 0 Å². The van der Waals surface area contributed by atoms with E-state index in [9.17, 15) is 5.11 Å². The Morgan fingerprint density at radius 3 is 2.36 bits per heavy atom. The largest absolute Gasteiger partial charge is 0.391 e. The van der Waals surface area contributed by atoms with Gasteiger partial charge >= 0.3 is 0 Å². The van der Waals surface area contributed by atoms with Crippen molar-refractivity contribution in [3.05, 3.63) is 5.82 Å². The van der Waals surface area contributed by atoms with E-state index in [1.807, 2.05) is 4.68 Å². The number of β-amino-alcohol motifs (C(OH)–C–C–N with tert-alkyl or cyclic N) is 1. The first-order valence-electron chi connectivity index (χ1n) is 8.33. The molecule has 1 atom stereocenters. The van der Waals surface area contributed by atoms with Crippen molar-refractivity contribution >= 4 is 0 Å². The zero-order valence-corrected chi connectivity index (χ0v) is 13.9. The number of piperazine rings is 1. The summed E-state index contributed by atoms with van der Waals surface area (Å²) >= 11 is 0. The van der Waals surface area contributed by atoms with E-state index in [-0.39, 0.29) is 11.5 Å². The first kappa shape index (κ1) is 15.8. The molecule has 1 saturated carbocycles. The van der Waals surface area contributed by atoms with Gasteiger partial charge in [0.25, 0.3) is 0 Å². The van der Waals surface area contributed by atoms with Crippen molar-refractivity contribution in [1.82, 2.24) is 30.0 Å². The minimum atomic E-state index is -0.277. The first-order valence-corrected chi connectivity index (χ1v) is 8.33. The molecule has 1 aliphatic heterocycles. The fourth-order valence-corrected chi connectivity index (χ4v) is 2.77. The molecular formula is C15H28N6O. The summed E-state index contributed by atoms with van der Waals surface area (Å²) in [4.78, 5) is 4.76. The molecule has 1 aliphatic carbocycles. The molecule has 2 aliphatic rings. The van der Waals surface area contributed by atoms with Gasteiger partial charge in [0.2, 0.25) is 0 Å². The van der Waals surface area contributed by atoms with E-state index in [1.165, 1.54) is 12.8 Å². The van der Waals surface area contributed by atoms with Gasteiger partial charge in [0, 0.05) is 32.7 Å². The van der Waals surface area contributed by atoms with E-state index < -0.39 is 0 Å². The molecule has 22 heavy (non-hydrogen) atoms.